The summed E-state index contributed by atoms with van der Waals surface area (Å²) in [5, 5.41) is 0.832. The number of hydrogen-bond acceptors (Lipinski definition) is 3. The Hall–Kier alpha value is -3.30. The fourth-order valence-electron chi connectivity index (χ4n) is 4.88. The fraction of sp³-hybridized carbons (Fsp3) is 0.448. The number of fused-ring (bicyclic) bond motifs is 1. The minimum absolute atomic E-state index is 0.00138. The molecule has 0 aliphatic heterocycles. The van der Waals surface area contributed by atoms with E-state index in [4.69, 9.17) is 4.98 Å². The van der Waals surface area contributed by atoms with Crippen LogP contribution in [-0.2, 0) is 30.2 Å². The second-order valence-corrected chi connectivity index (χ2v) is 10.0. The van der Waals surface area contributed by atoms with Crippen LogP contribution in [0.3, 0.4) is 0 Å². The summed E-state index contributed by atoms with van der Waals surface area (Å²) in [7, 11) is 0. The normalized spacial score (nSPS) is 14.4. The highest BCUT2D eigenvalue weighted by atomic mass is 19.4. The van der Waals surface area contributed by atoms with E-state index in [9.17, 15) is 31.1 Å². The number of nitrogens with zero attached hydrogens (tertiary/aromatic N) is 3. The molecule has 1 saturated carbocycles. The summed E-state index contributed by atoms with van der Waals surface area (Å²) >= 11 is 0. The van der Waals surface area contributed by atoms with E-state index < -0.39 is 30.0 Å². The number of pyridine rings is 1. The Morgan fingerprint density at radius 3 is 2.10 bits per heavy atom. The quantitative estimate of drug-likeness (QED) is 0.254. The number of carbonyl (C=O) groups is 1. The highest BCUT2D eigenvalue weighted by Crippen LogP contribution is 2.37. The number of anilines is 1. The van der Waals surface area contributed by atoms with Crippen LogP contribution in [0.15, 0.2) is 48.5 Å². The first-order chi connectivity index (χ1) is 18.4. The molecule has 39 heavy (non-hydrogen) atoms. The van der Waals surface area contributed by atoms with Gasteiger partial charge in [0, 0.05) is 43.5 Å². The second-order valence-electron chi connectivity index (χ2n) is 10.0. The Morgan fingerprint density at radius 2 is 1.56 bits per heavy atom. The first-order valence-corrected chi connectivity index (χ1v) is 13.1. The largest absolute Gasteiger partial charge is 0.416 e. The molecule has 1 fully saturated rings. The lowest BCUT2D eigenvalue weighted by Gasteiger charge is -2.34. The molecule has 1 amide bonds. The molecule has 1 aliphatic carbocycles. The summed E-state index contributed by atoms with van der Waals surface area (Å²) in [6, 6.07) is 10.9. The smallest absolute Gasteiger partial charge is 0.356 e. The van der Waals surface area contributed by atoms with Crippen LogP contribution in [0.4, 0.5) is 32.2 Å². The van der Waals surface area contributed by atoms with Crippen LogP contribution in [0.1, 0.15) is 61.8 Å². The van der Waals surface area contributed by atoms with Crippen LogP contribution >= 0.6 is 0 Å². The van der Waals surface area contributed by atoms with Crippen molar-refractivity contribution in [2.75, 3.05) is 18.0 Å². The van der Waals surface area contributed by atoms with E-state index in [2.05, 4.69) is 4.90 Å². The molecule has 4 rings (SSSR count). The van der Waals surface area contributed by atoms with E-state index in [0.29, 0.717) is 36.0 Å². The van der Waals surface area contributed by atoms with E-state index in [-0.39, 0.29) is 30.5 Å². The number of benzene rings is 2. The average molecular weight is 552 g/mol. The molecular weight excluding hydrogens is 520 g/mol. The van der Waals surface area contributed by atoms with E-state index in [1.165, 1.54) is 11.3 Å². The molecule has 0 N–H and O–H groups in total. The van der Waals surface area contributed by atoms with Crippen LogP contribution in [0.25, 0.3) is 10.9 Å². The lowest BCUT2D eigenvalue weighted by molar-refractivity contribution is -0.143. The Bertz CT molecular complexity index is 1280. The van der Waals surface area contributed by atoms with Gasteiger partial charge in [-0.25, -0.2) is 4.98 Å². The molecule has 210 valence electrons. The van der Waals surface area contributed by atoms with Crippen LogP contribution in [0.5, 0.6) is 0 Å². The standard InChI is InChI=1S/C29H31F6N3O/c1-3-26(39)38(17-20-12-23(28(30,31)32)15-24(13-20)29(33,34)35)18-22-14-21-10-5-6-11-25(21)36-27(22)37(4-2)16-19-8-7-9-19/h5-6,10-15,19H,3-4,7-9,16-18H2,1-2H3. The number of carbonyl (C=O) groups excluding carboxylic acids is 1. The summed E-state index contributed by atoms with van der Waals surface area (Å²) in [5.41, 5.74) is -1.58. The Kier molecular flexibility index (Phi) is 8.42. The summed E-state index contributed by atoms with van der Waals surface area (Å²) in [6.45, 7) is 4.67. The SMILES string of the molecule is CCC(=O)N(Cc1cc(C(F)(F)F)cc(C(F)(F)F)c1)Cc1cc2ccccc2nc1N(CC)CC1CCC1. The van der Waals surface area contributed by atoms with Crippen molar-refractivity contribution in [2.45, 2.75) is 65.0 Å². The zero-order valence-electron chi connectivity index (χ0n) is 21.9. The number of para-hydroxylation sites is 1. The molecule has 0 saturated heterocycles. The van der Waals surface area contributed by atoms with Crippen molar-refractivity contribution in [3.05, 3.63) is 70.8 Å². The van der Waals surface area contributed by atoms with Crippen molar-refractivity contribution in [1.82, 2.24) is 9.88 Å². The molecule has 0 bridgehead atoms. The van der Waals surface area contributed by atoms with E-state index >= 15 is 0 Å². The Labute approximate surface area is 223 Å². The summed E-state index contributed by atoms with van der Waals surface area (Å²) < 4.78 is 80.7. The third kappa shape index (κ3) is 6.83. The molecule has 2 aromatic carbocycles. The zero-order valence-corrected chi connectivity index (χ0v) is 21.9. The van der Waals surface area contributed by atoms with E-state index in [0.717, 1.165) is 30.3 Å². The van der Waals surface area contributed by atoms with Crippen molar-refractivity contribution in [2.24, 2.45) is 5.92 Å². The molecule has 1 aromatic heterocycles. The number of rotatable bonds is 9. The van der Waals surface area contributed by atoms with Gasteiger partial charge in [0.05, 0.1) is 16.6 Å². The molecular formula is C29H31F6N3O. The van der Waals surface area contributed by atoms with Crippen molar-refractivity contribution < 1.29 is 31.1 Å². The van der Waals surface area contributed by atoms with Crippen molar-refractivity contribution in [3.8, 4) is 0 Å². The third-order valence-corrected chi connectivity index (χ3v) is 7.20. The van der Waals surface area contributed by atoms with Crippen molar-refractivity contribution in [3.63, 3.8) is 0 Å². The van der Waals surface area contributed by atoms with Gasteiger partial charge in [-0.3, -0.25) is 4.79 Å². The predicted molar refractivity (Wildman–Crippen MR) is 138 cm³/mol. The molecule has 10 heteroatoms. The molecule has 4 nitrogen and oxygen atoms in total. The minimum atomic E-state index is -4.96. The van der Waals surface area contributed by atoms with Crippen LogP contribution < -0.4 is 4.90 Å². The number of amides is 1. The van der Waals surface area contributed by atoms with Gasteiger partial charge in [-0.2, -0.15) is 26.3 Å². The summed E-state index contributed by atoms with van der Waals surface area (Å²) in [4.78, 5) is 21.3. The van der Waals surface area contributed by atoms with Crippen LogP contribution in [-0.4, -0.2) is 28.9 Å². The molecule has 0 unspecified atom stereocenters. The monoisotopic (exact) mass is 551 g/mol. The maximum Gasteiger partial charge on any atom is 0.416 e. The number of hydrogen-bond donors (Lipinski definition) is 0. The lowest BCUT2D eigenvalue weighted by atomic mass is 9.85. The minimum Gasteiger partial charge on any atom is -0.356 e. The van der Waals surface area contributed by atoms with Gasteiger partial charge in [-0.1, -0.05) is 31.5 Å². The average Bonchev–Trinajstić information content (AvgIpc) is 2.86. The van der Waals surface area contributed by atoms with Gasteiger partial charge in [0.25, 0.3) is 0 Å². The Balaban J connectivity index is 1.74. The molecule has 1 heterocycles. The topological polar surface area (TPSA) is 36.4 Å². The van der Waals surface area contributed by atoms with Crippen molar-refractivity contribution in [1.29, 1.82) is 0 Å². The first kappa shape index (κ1) is 28.7. The van der Waals surface area contributed by atoms with E-state index in [1.54, 1.807) is 6.92 Å². The maximum atomic E-state index is 13.5. The molecule has 0 radical (unpaired) electrons. The molecule has 0 spiro atoms. The fourth-order valence-corrected chi connectivity index (χ4v) is 4.88. The highest BCUT2D eigenvalue weighted by Gasteiger charge is 2.37. The van der Waals surface area contributed by atoms with Gasteiger partial charge in [-0.15, -0.1) is 0 Å². The maximum absolute atomic E-state index is 13.5. The van der Waals surface area contributed by atoms with Gasteiger partial charge in [0.15, 0.2) is 0 Å². The van der Waals surface area contributed by atoms with Gasteiger partial charge in [-0.05, 0) is 61.6 Å². The molecule has 1 aliphatic rings. The predicted octanol–water partition coefficient (Wildman–Crippen LogP) is 7.84. The summed E-state index contributed by atoms with van der Waals surface area (Å²) in [5.74, 6) is 0.824. The van der Waals surface area contributed by atoms with Gasteiger partial charge in [0.2, 0.25) is 5.91 Å². The number of halogens is 6. The second kappa shape index (κ2) is 11.4. The lowest BCUT2D eigenvalue weighted by Crippen LogP contribution is -2.35. The zero-order chi connectivity index (χ0) is 28.4. The van der Waals surface area contributed by atoms with Gasteiger partial charge in [0.1, 0.15) is 5.82 Å². The highest BCUT2D eigenvalue weighted by molar-refractivity contribution is 5.82. The van der Waals surface area contributed by atoms with Crippen molar-refractivity contribution >= 4 is 22.6 Å². The summed E-state index contributed by atoms with van der Waals surface area (Å²) in [6.07, 6.45) is -6.47. The first-order valence-electron chi connectivity index (χ1n) is 13.1. The van der Waals surface area contributed by atoms with Crippen LogP contribution in [0.2, 0.25) is 0 Å². The van der Waals surface area contributed by atoms with E-state index in [1.807, 2.05) is 37.3 Å². The van der Waals surface area contributed by atoms with Gasteiger partial charge < -0.3 is 9.80 Å². The number of alkyl halides is 6. The molecule has 0 atom stereocenters. The number of aromatic nitrogens is 1. The molecule has 3 aromatic rings. The Morgan fingerprint density at radius 1 is 0.923 bits per heavy atom. The third-order valence-electron chi connectivity index (χ3n) is 7.20. The van der Waals surface area contributed by atoms with Crippen LogP contribution in [0, 0.1) is 5.92 Å². The van der Waals surface area contributed by atoms with Gasteiger partial charge >= 0.3 is 12.4 Å².